The molecule has 9 nitrogen and oxygen atoms in total. The van der Waals surface area contributed by atoms with Crippen LogP contribution in [0.15, 0.2) is 41.9 Å². The zero-order chi connectivity index (χ0) is 21.2. The average Bonchev–Trinajstić information content (AvgIpc) is 2.68. The van der Waals surface area contributed by atoms with Crippen LogP contribution in [0.25, 0.3) is 0 Å². The number of amides is 1. The second-order valence-corrected chi connectivity index (χ2v) is 7.22. The molecule has 1 amide bonds. The molecule has 1 aliphatic rings. The van der Waals surface area contributed by atoms with E-state index in [0.29, 0.717) is 19.6 Å². The molecule has 1 saturated heterocycles. The van der Waals surface area contributed by atoms with Crippen molar-refractivity contribution in [2.24, 2.45) is 4.99 Å². The van der Waals surface area contributed by atoms with Crippen molar-refractivity contribution in [3.05, 3.63) is 52.6 Å². The lowest BCUT2D eigenvalue weighted by molar-refractivity contribution is -0.384. The first kappa shape index (κ1) is 22.4. The average molecular weight is 402 g/mol. The van der Waals surface area contributed by atoms with Gasteiger partial charge in [0.05, 0.1) is 18.0 Å². The van der Waals surface area contributed by atoms with Gasteiger partial charge in [0.25, 0.3) is 5.69 Å². The Hall–Kier alpha value is -2.94. The van der Waals surface area contributed by atoms with E-state index in [-0.39, 0.29) is 17.6 Å². The predicted octanol–water partition coefficient (Wildman–Crippen LogP) is 1.37. The van der Waals surface area contributed by atoms with Crippen molar-refractivity contribution in [2.75, 3.05) is 39.3 Å². The van der Waals surface area contributed by atoms with Crippen molar-refractivity contribution in [1.29, 1.82) is 0 Å². The molecule has 0 aliphatic carbocycles. The molecule has 2 rings (SSSR count). The van der Waals surface area contributed by atoms with E-state index in [4.69, 9.17) is 0 Å². The van der Waals surface area contributed by atoms with E-state index in [1.165, 1.54) is 12.1 Å². The number of carbonyl (C=O) groups excluding carboxylic acids is 1. The molecule has 158 valence electrons. The van der Waals surface area contributed by atoms with Gasteiger partial charge < -0.3 is 15.5 Å². The molecule has 0 bridgehead atoms. The van der Waals surface area contributed by atoms with Crippen molar-refractivity contribution in [3.63, 3.8) is 0 Å². The summed E-state index contributed by atoms with van der Waals surface area (Å²) < 4.78 is 0. The van der Waals surface area contributed by atoms with Crippen molar-refractivity contribution in [3.8, 4) is 0 Å². The highest BCUT2D eigenvalue weighted by Gasteiger charge is 2.21. The van der Waals surface area contributed by atoms with Crippen LogP contribution in [-0.2, 0) is 11.3 Å². The van der Waals surface area contributed by atoms with Gasteiger partial charge in [-0.15, -0.1) is 6.58 Å². The fourth-order valence-electron chi connectivity index (χ4n) is 3.01. The van der Waals surface area contributed by atoms with Crippen LogP contribution >= 0.6 is 0 Å². The summed E-state index contributed by atoms with van der Waals surface area (Å²) >= 11 is 0. The van der Waals surface area contributed by atoms with Crippen molar-refractivity contribution in [1.82, 2.24) is 20.4 Å². The second kappa shape index (κ2) is 11.2. The zero-order valence-corrected chi connectivity index (χ0v) is 17.1. The molecule has 9 heteroatoms. The Morgan fingerprint density at radius 1 is 1.28 bits per heavy atom. The van der Waals surface area contributed by atoms with Gasteiger partial charge in [-0.3, -0.25) is 19.8 Å². The number of nitro benzene ring substituents is 1. The summed E-state index contributed by atoms with van der Waals surface area (Å²) in [6.45, 7) is 12.1. The minimum atomic E-state index is -0.412. The Morgan fingerprint density at radius 2 is 1.93 bits per heavy atom. The molecule has 0 aromatic heterocycles. The van der Waals surface area contributed by atoms with Crippen LogP contribution in [0.2, 0.25) is 0 Å². The SMILES string of the molecule is C=CCNC(=NCc1ccc([N+](=O)[O-])cc1)N1CCN(CC(=O)NC(C)C)CC1. The van der Waals surface area contributed by atoms with Crippen LogP contribution in [0.5, 0.6) is 0 Å². The largest absolute Gasteiger partial charge is 0.353 e. The summed E-state index contributed by atoms with van der Waals surface area (Å²) in [5.41, 5.74) is 0.970. The number of hydrogen-bond acceptors (Lipinski definition) is 5. The molecule has 2 N–H and O–H groups in total. The van der Waals surface area contributed by atoms with E-state index in [9.17, 15) is 14.9 Å². The van der Waals surface area contributed by atoms with Crippen LogP contribution in [-0.4, -0.2) is 71.9 Å². The Morgan fingerprint density at radius 3 is 2.48 bits per heavy atom. The number of nitro groups is 1. The van der Waals surface area contributed by atoms with E-state index in [1.54, 1.807) is 18.2 Å². The first-order valence-corrected chi connectivity index (χ1v) is 9.78. The van der Waals surface area contributed by atoms with E-state index in [0.717, 1.165) is 37.7 Å². The number of piperazine rings is 1. The number of guanidine groups is 1. The van der Waals surface area contributed by atoms with Gasteiger partial charge in [0.2, 0.25) is 5.91 Å². The Balaban J connectivity index is 1.94. The van der Waals surface area contributed by atoms with E-state index in [1.807, 2.05) is 13.8 Å². The van der Waals surface area contributed by atoms with Crippen LogP contribution in [0.1, 0.15) is 19.4 Å². The summed E-state index contributed by atoms with van der Waals surface area (Å²) in [4.78, 5) is 31.3. The minimum absolute atomic E-state index is 0.0466. The molecule has 1 aliphatic heterocycles. The van der Waals surface area contributed by atoms with Crippen molar-refractivity contribution >= 4 is 17.6 Å². The molecule has 0 spiro atoms. The van der Waals surface area contributed by atoms with Gasteiger partial charge in [-0.1, -0.05) is 18.2 Å². The first-order valence-electron chi connectivity index (χ1n) is 9.78. The Bertz CT molecular complexity index is 724. The lowest BCUT2D eigenvalue weighted by Crippen LogP contribution is -2.54. The molecule has 29 heavy (non-hydrogen) atoms. The van der Waals surface area contributed by atoms with Crippen LogP contribution in [0, 0.1) is 10.1 Å². The number of benzene rings is 1. The van der Waals surface area contributed by atoms with E-state index in [2.05, 4.69) is 32.0 Å². The van der Waals surface area contributed by atoms with Gasteiger partial charge >= 0.3 is 0 Å². The third kappa shape index (κ3) is 7.53. The molecule has 1 fully saturated rings. The van der Waals surface area contributed by atoms with Gasteiger partial charge in [-0.25, -0.2) is 4.99 Å². The Kier molecular flexibility index (Phi) is 8.60. The standard InChI is InChI=1S/C20H30N6O3/c1-4-9-21-20(22-14-17-5-7-18(8-6-17)26(28)29)25-12-10-24(11-13-25)15-19(27)23-16(2)3/h4-8,16H,1,9-15H2,2-3H3,(H,21,22)(H,23,27). The third-order valence-electron chi connectivity index (χ3n) is 4.45. The monoisotopic (exact) mass is 402 g/mol. The fraction of sp³-hybridized carbons (Fsp3) is 0.500. The number of aliphatic imine (C=N–C) groups is 1. The maximum Gasteiger partial charge on any atom is 0.269 e. The maximum atomic E-state index is 11.9. The molecule has 1 aromatic carbocycles. The van der Waals surface area contributed by atoms with Crippen LogP contribution < -0.4 is 10.6 Å². The number of nitrogens with zero attached hydrogens (tertiary/aromatic N) is 4. The summed E-state index contributed by atoms with van der Waals surface area (Å²) in [6.07, 6.45) is 1.77. The molecule has 0 saturated carbocycles. The van der Waals surface area contributed by atoms with Gasteiger partial charge in [-0.05, 0) is 19.4 Å². The summed E-state index contributed by atoms with van der Waals surface area (Å²) in [7, 11) is 0. The molecular weight excluding hydrogens is 372 g/mol. The molecular formula is C20H30N6O3. The minimum Gasteiger partial charge on any atom is -0.353 e. The quantitative estimate of drug-likeness (QED) is 0.224. The highest BCUT2D eigenvalue weighted by atomic mass is 16.6. The number of carbonyl (C=O) groups is 1. The summed E-state index contributed by atoms with van der Waals surface area (Å²) in [6, 6.07) is 6.56. The molecule has 1 aromatic rings. The third-order valence-corrected chi connectivity index (χ3v) is 4.45. The first-order chi connectivity index (χ1) is 13.9. The Labute approximate surface area is 171 Å². The van der Waals surface area contributed by atoms with Crippen LogP contribution in [0.4, 0.5) is 5.69 Å². The second-order valence-electron chi connectivity index (χ2n) is 7.22. The summed E-state index contributed by atoms with van der Waals surface area (Å²) in [5, 5.41) is 17.0. The maximum absolute atomic E-state index is 11.9. The van der Waals surface area contributed by atoms with E-state index >= 15 is 0 Å². The molecule has 1 heterocycles. The molecule has 0 unspecified atom stereocenters. The lowest BCUT2D eigenvalue weighted by atomic mass is 10.2. The number of non-ortho nitro benzene ring substituents is 1. The number of nitrogens with one attached hydrogen (secondary N) is 2. The fourth-order valence-corrected chi connectivity index (χ4v) is 3.01. The van der Waals surface area contributed by atoms with Crippen molar-refractivity contribution in [2.45, 2.75) is 26.4 Å². The highest BCUT2D eigenvalue weighted by molar-refractivity contribution is 5.80. The van der Waals surface area contributed by atoms with Crippen molar-refractivity contribution < 1.29 is 9.72 Å². The number of rotatable bonds is 8. The zero-order valence-electron chi connectivity index (χ0n) is 17.1. The topological polar surface area (TPSA) is 103 Å². The summed E-state index contributed by atoms with van der Waals surface area (Å²) in [5.74, 6) is 0.819. The number of hydrogen-bond donors (Lipinski definition) is 2. The molecule has 0 atom stereocenters. The molecule has 0 radical (unpaired) electrons. The van der Waals surface area contributed by atoms with Gasteiger partial charge in [0, 0.05) is 50.9 Å². The van der Waals surface area contributed by atoms with Gasteiger partial charge in [-0.2, -0.15) is 0 Å². The normalized spacial score (nSPS) is 15.3. The van der Waals surface area contributed by atoms with E-state index < -0.39 is 4.92 Å². The lowest BCUT2D eigenvalue weighted by Gasteiger charge is -2.36. The predicted molar refractivity (Wildman–Crippen MR) is 114 cm³/mol. The smallest absolute Gasteiger partial charge is 0.269 e. The highest BCUT2D eigenvalue weighted by Crippen LogP contribution is 2.13. The van der Waals surface area contributed by atoms with Crippen LogP contribution in [0.3, 0.4) is 0 Å². The van der Waals surface area contributed by atoms with Gasteiger partial charge in [0.15, 0.2) is 5.96 Å². The van der Waals surface area contributed by atoms with Gasteiger partial charge in [0.1, 0.15) is 0 Å².